The molecule has 112 valence electrons. The lowest BCUT2D eigenvalue weighted by molar-refractivity contribution is 0.340. The molecule has 0 saturated carbocycles. The van der Waals surface area contributed by atoms with Gasteiger partial charge in [-0.25, -0.2) is 0 Å². The summed E-state index contributed by atoms with van der Waals surface area (Å²) in [5.41, 5.74) is 0.983. The molecule has 1 aromatic heterocycles. The van der Waals surface area contributed by atoms with Gasteiger partial charge in [-0.3, -0.25) is 0 Å². The van der Waals surface area contributed by atoms with Crippen LogP contribution in [0.25, 0.3) is 0 Å². The van der Waals surface area contributed by atoms with Crippen molar-refractivity contribution in [2.24, 2.45) is 5.10 Å². The van der Waals surface area contributed by atoms with Crippen molar-refractivity contribution in [1.29, 1.82) is 0 Å². The Kier molecular flexibility index (Phi) is 5.38. The number of hydrogen-bond donors (Lipinski definition) is 0. The quantitative estimate of drug-likeness (QED) is 0.606. The lowest BCUT2D eigenvalue weighted by Crippen LogP contribution is -2.02. The fourth-order valence-corrected chi connectivity index (χ4v) is 2.28. The lowest BCUT2D eigenvalue weighted by atomic mass is 10.2. The highest BCUT2D eigenvalue weighted by Gasteiger charge is 2.13. The average molecular weight is 304 g/mol. The summed E-state index contributed by atoms with van der Waals surface area (Å²) in [5, 5.41) is 13.7. The van der Waals surface area contributed by atoms with Crippen LogP contribution in [-0.4, -0.2) is 34.0 Å². The van der Waals surface area contributed by atoms with Crippen molar-refractivity contribution in [2.75, 3.05) is 12.9 Å². The number of hydrogen-bond acceptors (Lipinski definition) is 5. The van der Waals surface area contributed by atoms with E-state index in [9.17, 15) is 0 Å². The maximum absolute atomic E-state index is 5.49. The fraction of sp³-hybridized carbons (Fsp3) is 0.400. The van der Waals surface area contributed by atoms with Crippen LogP contribution in [0.2, 0.25) is 0 Å². The van der Waals surface area contributed by atoms with Gasteiger partial charge in [-0.05, 0) is 30.9 Å². The molecule has 0 aliphatic carbocycles. The Morgan fingerprint density at radius 3 is 2.86 bits per heavy atom. The minimum absolute atomic E-state index is 0.269. The average Bonchev–Trinajstić information content (AvgIpc) is 2.89. The summed E-state index contributed by atoms with van der Waals surface area (Å²) >= 11 is 1.53. The van der Waals surface area contributed by atoms with E-state index in [-0.39, 0.29) is 5.92 Å². The van der Waals surface area contributed by atoms with Crippen LogP contribution < -0.4 is 4.74 Å². The first kappa shape index (κ1) is 15.6. The molecule has 2 aromatic rings. The monoisotopic (exact) mass is 304 g/mol. The first-order valence-corrected chi connectivity index (χ1v) is 8.14. The van der Waals surface area contributed by atoms with Crippen molar-refractivity contribution in [3.05, 3.63) is 35.7 Å². The van der Waals surface area contributed by atoms with Crippen LogP contribution in [0.3, 0.4) is 0 Å². The fourth-order valence-electron chi connectivity index (χ4n) is 1.85. The maximum Gasteiger partial charge on any atom is 0.211 e. The van der Waals surface area contributed by atoms with Gasteiger partial charge in [0.15, 0.2) is 5.82 Å². The zero-order valence-electron chi connectivity index (χ0n) is 12.8. The minimum atomic E-state index is 0.269. The van der Waals surface area contributed by atoms with Gasteiger partial charge in [0.2, 0.25) is 5.16 Å². The smallest absolute Gasteiger partial charge is 0.211 e. The van der Waals surface area contributed by atoms with Crippen molar-refractivity contribution in [2.45, 2.75) is 31.8 Å². The van der Waals surface area contributed by atoms with Crippen LogP contribution in [0.1, 0.15) is 38.1 Å². The highest BCUT2D eigenvalue weighted by Crippen LogP contribution is 2.19. The van der Waals surface area contributed by atoms with E-state index in [1.807, 2.05) is 37.4 Å². The molecular weight excluding hydrogens is 284 g/mol. The Hall–Kier alpha value is -1.82. The topological polar surface area (TPSA) is 52.3 Å². The maximum atomic E-state index is 5.49. The molecule has 0 aliphatic heterocycles. The highest BCUT2D eigenvalue weighted by atomic mass is 32.2. The van der Waals surface area contributed by atoms with E-state index in [0.717, 1.165) is 22.3 Å². The predicted octanol–water partition coefficient (Wildman–Crippen LogP) is 3.40. The number of aromatic nitrogens is 3. The third-order valence-electron chi connectivity index (χ3n) is 2.83. The second-order valence-corrected chi connectivity index (χ2v) is 5.53. The molecule has 0 atom stereocenters. The highest BCUT2D eigenvalue weighted by molar-refractivity contribution is 7.98. The first-order valence-electron chi connectivity index (χ1n) is 6.92. The van der Waals surface area contributed by atoms with E-state index >= 15 is 0 Å². The lowest BCUT2D eigenvalue weighted by Gasteiger charge is -2.06. The molecule has 0 saturated heterocycles. The van der Waals surface area contributed by atoms with Crippen molar-refractivity contribution >= 4 is 18.0 Å². The number of nitrogens with zero attached hydrogens (tertiary/aromatic N) is 4. The second kappa shape index (κ2) is 7.26. The molecule has 0 unspecified atom stereocenters. The van der Waals surface area contributed by atoms with Crippen molar-refractivity contribution < 1.29 is 4.74 Å². The molecule has 0 spiro atoms. The minimum Gasteiger partial charge on any atom is -0.494 e. The largest absolute Gasteiger partial charge is 0.494 e. The molecule has 21 heavy (non-hydrogen) atoms. The number of rotatable bonds is 6. The van der Waals surface area contributed by atoms with Crippen LogP contribution in [0.4, 0.5) is 0 Å². The van der Waals surface area contributed by atoms with Crippen LogP contribution >= 0.6 is 11.8 Å². The summed E-state index contributed by atoms with van der Waals surface area (Å²) in [6.07, 6.45) is 3.77. The third kappa shape index (κ3) is 3.85. The Bertz CT molecular complexity index is 622. The Labute approximate surface area is 129 Å². The van der Waals surface area contributed by atoms with Crippen LogP contribution in [0.5, 0.6) is 5.75 Å². The van der Waals surface area contributed by atoms with Crippen LogP contribution in [0, 0.1) is 0 Å². The molecule has 1 heterocycles. The molecule has 0 amide bonds. The van der Waals surface area contributed by atoms with Crippen molar-refractivity contribution in [3.8, 4) is 5.75 Å². The molecular formula is C15H20N4OS. The number of thioether (sulfide) groups is 1. The SMILES string of the molecule is CCOc1cccc(/C=N\n2c(SC)nnc2C(C)C)c1. The molecule has 0 aliphatic rings. The van der Waals surface area contributed by atoms with E-state index in [1.165, 1.54) is 11.8 Å². The second-order valence-electron chi connectivity index (χ2n) is 4.76. The number of benzene rings is 1. The van der Waals surface area contributed by atoms with Crippen molar-refractivity contribution in [3.63, 3.8) is 0 Å². The van der Waals surface area contributed by atoms with E-state index in [4.69, 9.17) is 4.74 Å². The molecule has 0 radical (unpaired) electrons. The Morgan fingerprint density at radius 1 is 1.38 bits per heavy atom. The first-order chi connectivity index (χ1) is 10.2. The zero-order chi connectivity index (χ0) is 15.2. The molecule has 2 rings (SSSR count). The third-order valence-corrected chi connectivity index (χ3v) is 3.45. The molecule has 0 bridgehead atoms. The van der Waals surface area contributed by atoms with Crippen molar-refractivity contribution in [1.82, 2.24) is 14.9 Å². The molecule has 6 heteroatoms. The van der Waals surface area contributed by atoms with Gasteiger partial charge in [0.25, 0.3) is 0 Å². The van der Waals surface area contributed by atoms with Gasteiger partial charge in [-0.1, -0.05) is 37.7 Å². The summed E-state index contributed by atoms with van der Waals surface area (Å²) in [6.45, 7) is 6.78. The predicted molar refractivity (Wildman–Crippen MR) is 86.5 cm³/mol. The van der Waals surface area contributed by atoms with E-state index in [1.54, 1.807) is 10.9 Å². The van der Waals surface area contributed by atoms with E-state index in [0.29, 0.717) is 6.61 Å². The summed E-state index contributed by atoms with van der Waals surface area (Å²) in [5.74, 6) is 1.97. The van der Waals surface area contributed by atoms with E-state index in [2.05, 4.69) is 29.1 Å². The normalized spacial score (nSPS) is 11.5. The molecule has 5 nitrogen and oxygen atoms in total. The standard InChI is InChI=1S/C15H20N4OS/c1-5-20-13-8-6-7-12(9-13)10-16-19-14(11(2)3)17-18-15(19)21-4/h6-11H,5H2,1-4H3/b16-10-. The molecule has 0 fully saturated rings. The van der Waals surface area contributed by atoms with Gasteiger partial charge < -0.3 is 4.74 Å². The van der Waals surface area contributed by atoms with E-state index < -0.39 is 0 Å². The van der Waals surface area contributed by atoms with Gasteiger partial charge in [-0.15, -0.1) is 10.2 Å². The Balaban J connectivity index is 2.28. The molecule has 0 N–H and O–H groups in total. The van der Waals surface area contributed by atoms with Gasteiger partial charge in [0.05, 0.1) is 12.8 Å². The summed E-state index contributed by atoms with van der Waals surface area (Å²) in [7, 11) is 0. The molecule has 1 aromatic carbocycles. The van der Waals surface area contributed by atoms with Gasteiger partial charge in [0.1, 0.15) is 5.75 Å². The summed E-state index contributed by atoms with van der Waals surface area (Å²) in [4.78, 5) is 0. The number of ether oxygens (including phenoxy) is 1. The van der Waals surface area contributed by atoms with Crippen LogP contribution in [-0.2, 0) is 0 Å². The van der Waals surface area contributed by atoms with Gasteiger partial charge >= 0.3 is 0 Å². The van der Waals surface area contributed by atoms with Gasteiger partial charge in [-0.2, -0.15) is 9.78 Å². The Morgan fingerprint density at radius 2 is 2.19 bits per heavy atom. The summed E-state index contributed by atoms with van der Waals surface area (Å²) in [6, 6.07) is 7.85. The van der Waals surface area contributed by atoms with Crippen LogP contribution in [0.15, 0.2) is 34.5 Å². The zero-order valence-corrected chi connectivity index (χ0v) is 13.6. The van der Waals surface area contributed by atoms with Gasteiger partial charge in [0, 0.05) is 5.92 Å². The summed E-state index contributed by atoms with van der Waals surface area (Å²) < 4.78 is 7.29.